The Kier molecular flexibility index (Phi) is 10.4. The lowest BCUT2D eigenvalue weighted by atomic mass is 9.95. The van der Waals surface area contributed by atoms with Gasteiger partial charge in [-0.05, 0) is 68.1 Å². The molecule has 2 aromatic carbocycles. The van der Waals surface area contributed by atoms with Crippen LogP contribution in [-0.2, 0) is 26.1 Å². The zero-order valence-corrected chi connectivity index (χ0v) is 23.5. The van der Waals surface area contributed by atoms with Crippen LogP contribution >= 0.6 is 0 Å². The van der Waals surface area contributed by atoms with Crippen molar-refractivity contribution in [2.75, 3.05) is 30.7 Å². The molecule has 0 saturated heterocycles. The normalized spacial score (nSPS) is 14.1. The van der Waals surface area contributed by atoms with Crippen molar-refractivity contribution in [3.05, 3.63) is 83.2 Å². The van der Waals surface area contributed by atoms with Gasteiger partial charge in [-0.25, -0.2) is 4.98 Å². The first kappa shape index (κ1) is 28.1. The topological polar surface area (TPSA) is 116 Å². The molecule has 40 heavy (non-hydrogen) atoms. The number of anilines is 2. The van der Waals surface area contributed by atoms with Crippen LogP contribution in [0.3, 0.4) is 0 Å². The molecular weight excluding hydrogens is 496 g/mol. The summed E-state index contributed by atoms with van der Waals surface area (Å²) < 4.78 is 0. The third kappa shape index (κ3) is 8.27. The molecular formula is C32H44N8. The Hall–Kier alpha value is -3.46. The Bertz CT molecular complexity index is 1310. The number of nitrogens with one attached hydrogen (secondary N) is 5. The molecule has 0 aliphatic heterocycles. The Morgan fingerprint density at radius 3 is 2.42 bits per heavy atom. The second kappa shape index (κ2) is 14.8. The Morgan fingerprint density at radius 1 is 0.825 bits per heavy atom. The third-order valence-electron chi connectivity index (χ3n) is 7.83. The molecule has 8 nitrogen and oxygen atoms in total. The third-order valence-corrected chi connectivity index (χ3v) is 7.83. The lowest BCUT2D eigenvalue weighted by molar-refractivity contribution is 0.371. The van der Waals surface area contributed by atoms with Crippen LogP contribution in [0.1, 0.15) is 60.8 Å². The molecule has 1 aliphatic carbocycles. The Labute approximate surface area is 238 Å². The predicted molar refractivity (Wildman–Crippen MR) is 165 cm³/mol. The van der Waals surface area contributed by atoms with Crippen LogP contribution in [-0.4, -0.2) is 40.6 Å². The van der Waals surface area contributed by atoms with Gasteiger partial charge in [-0.15, -0.1) is 0 Å². The van der Waals surface area contributed by atoms with Crippen molar-refractivity contribution >= 4 is 22.7 Å². The lowest BCUT2D eigenvalue weighted by Crippen LogP contribution is -2.33. The van der Waals surface area contributed by atoms with E-state index < -0.39 is 0 Å². The fourth-order valence-corrected chi connectivity index (χ4v) is 5.44. The van der Waals surface area contributed by atoms with Gasteiger partial charge in [-0.2, -0.15) is 4.98 Å². The van der Waals surface area contributed by atoms with Crippen LogP contribution < -0.4 is 27.0 Å². The summed E-state index contributed by atoms with van der Waals surface area (Å²) in [7, 11) is 0. The summed E-state index contributed by atoms with van der Waals surface area (Å²) in [5.41, 5.74) is 12.1. The quantitative estimate of drug-likeness (QED) is 0.119. The standard InChI is InChI=1S/C32H44N8/c33-31-27(21-35-18-15-26-22-37-30-10-5-4-9-29(26)30)23-39-32(40-31)38-20-25-13-11-24(12-14-25)19-34-16-6-17-36-28-7-2-1-3-8-28/h4-5,9-14,22-23,28,34-37H,1-3,6-8,15-21H2,(H3,33,38,39,40). The molecule has 8 heteroatoms. The number of benzene rings is 2. The van der Waals surface area contributed by atoms with Crippen molar-refractivity contribution in [3.63, 3.8) is 0 Å². The number of nitrogens with two attached hydrogens (primary N) is 1. The number of aromatic nitrogens is 3. The van der Waals surface area contributed by atoms with Crippen LogP contribution in [0, 0.1) is 0 Å². The molecule has 2 aromatic heterocycles. The molecule has 4 aromatic rings. The Balaban J connectivity index is 0.970. The second-order valence-electron chi connectivity index (χ2n) is 10.9. The molecule has 5 rings (SSSR count). The maximum absolute atomic E-state index is 6.23. The SMILES string of the molecule is Nc1nc(NCc2ccc(CNCCCNC3CCCCC3)cc2)ncc1CNCCc1c[nH]c2ccccc12. The maximum atomic E-state index is 6.23. The molecule has 0 bridgehead atoms. The minimum atomic E-state index is 0.507. The minimum Gasteiger partial charge on any atom is -0.383 e. The molecule has 1 aliphatic rings. The largest absolute Gasteiger partial charge is 0.383 e. The highest BCUT2D eigenvalue weighted by Crippen LogP contribution is 2.18. The molecule has 0 amide bonds. The van der Waals surface area contributed by atoms with Crippen LogP contribution in [0.2, 0.25) is 0 Å². The second-order valence-corrected chi connectivity index (χ2v) is 10.9. The summed E-state index contributed by atoms with van der Waals surface area (Å²) in [5.74, 6) is 1.06. The van der Waals surface area contributed by atoms with E-state index in [1.165, 1.54) is 66.1 Å². The average Bonchev–Trinajstić information content (AvgIpc) is 3.41. The zero-order valence-electron chi connectivity index (χ0n) is 23.5. The van der Waals surface area contributed by atoms with Gasteiger partial charge >= 0.3 is 0 Å². The van der Waals surface area contributed by atoms with E-state index in [9.17, 15) is 0 Å². The summed E-state index contributed by atoms with van der Waals surface area (Å²) in [4.78, 5) is 12.3. The molecule has 0 unspecified atom stereocenters. The van der Waals surface area contributed by atoms with E-state index in [0.717, 1.165) is 44.2 Å². The van der Waals surface area contributed by atoms with Gasteiger partial charge in [0.05, 0.1) is 0 Å². The first-order valence-electron chi connectivity index (χ1n) is 14.9. The van der Waals surface area contributed by atoms with E-state index >= 15 is 0 Å². The monoisotopic (exact) mass is 540 g/mol. The molecule has 212 valence electrons. The highest BCUT2D eigenvalue weighted by molar-refractivity contribution is 5.83. The maximum Gasteiger partial charge on any atom is 0.224 e. The number of nitrogens with zero attached hydrogens (tertiary/aromatic N) is 2. The van der Waals surface area contributed by atoms with Crippen molar-refractivity contribution in [2.45, 2.75) is 70.6 Å². The van der Waals surface area contributed by atoms with E-state index in [-0.39, 0.29) is 0 Å². The van der Waals surface area contributed by atoms with Gasteiger partial charge in [0.1, 0.15) is 5.82 Å². The number of hydrogen-bond donors (Lipinski definition) is 6. The fraction of sp³-hybridized carbons (Fsp3) is 0.438. The predicted octanol–water partition coefficient (Wildman–Crippen LogP) is 4.89. The van der Waals surface area contributed by atoms with Gasteiger partial charge in [-0.1, -0.05) is 61.7 Å². The van der Waals surface area contributed by atoms with Crippen molar-refractivity contribution in [1.82, 2.24) is 30.9 Å². The highest BCUT2D eigenvalue weighted by atomic mass is 15.1. The first-order valence-corrected chi connectivity index (χ1v) is 14.9. The number of aromatic amines is 1. The van der Waals surface area contributed by atoms with E-state index in [4.69, 9.17) is 5.73 Å². The van der Waals surface area contributed by atoms with Gasteiger partial charge in [0.25, 0.3) is 0 Å². The summed E-state index contributed by atoms with van der Waals surface area (Å²) >= 11 is 0. The summed E-state index contributed by atoms with van der Waals surface area (Å²) in [6.07, 6.45) is 12.9. The van der Waals surface area contributed by atoms with E-state index in [2.05, 4.69) is 90.9 Å². The summed E-state index contributed by atoms with van der Waals surface area (Å²) in [6, 6.07) is 17.8. The van der Waals surface area contributed by atoms with Crippen LogP contribution in [0.25, 0.3) is 10.9 Å². The smallest absolute Gasteiger partial charge is 0.224 e. The summed E-state index contributed by atoms with van der Waals surface area (Å²) in [5, 5.41) is 15.3. The first-order chi connectivity index (χ1) is 19.7. The molecule has 2 heterocycles. The van der Waals surface area contributed by atoms with Crippen LogP contribution in [0.5, 0.6) is 0 Å². The van der Waals surface area contributed by atoms with Gasteiger partial charge in [0.15, 0.2) is 0 Å². The van der Waals surface area contributed by atoms with Gasteiger partial charge < -0.3 is 32.0 Å². The molecule has 1 fully saturated rings. The van der Waals surface area contributed by atoms with E-state index in [1.807, 2.05) is 6.20 Å². The molecule has 1 saturated carbocycles. The minimum absolute atomic E-state index is 0.507. The van der Waals surface area contributed by atoms with Gasteiger partial charge in [0, 0.05) is 54.5 Å². The zero-order chi connectivity index (χ0) is 27.4. The number of fused-ring (bicyclic) bond motifs is 1. The number of H-pyrrole nitrogens is 1. The lowest BCUT2D eigenvalue weighted by Gasteiger charge is -2.22. The van der Waals surface area contributed by atoms with E-state index in [0.29, 0.717) is 24.9 Å². The highest BCUT2D eigenvalue weighted by Gasteiger charge is 2.11. The van der Waals surface area contributed by atoms with E-state index in [1.54, 1.807) is 0 Å². The Morgan fingerprint density at radius 2 is 1.60 bits per heavy atom. The summed E-state index contributed by atoms with van der Waals surface area (Å²) in [6.45, 7) is 5.19. The molecule has 0 radical (unpaired) electrons. The van der Waals surface area contributed by atoms with Gasteiger partial charge in [0.2, 0.25) is 5.95 Å². The van der Waals surface area contributed by atoms with Crippen molar-refractivity contribution < 1.29 is 0 Å². The molecule has 0 atom stereocenters. The van der Waals surface area contributed by atoms with Crippen molar-refractivity contribution in [2.24, 2.45) is 0 Å². The number of rotatable bonds is 15. The molecule has 7 N–H and O–H groups in total. The fourth-order valence-electron chi connectivity index (χ4n) is 5.44. The van der Waals surface area contributed by atoms with Gasteiger partial charge in [-0.3, -0.25) is 0 Å². The number of nitrogen functional groups attached to an aromatic ring is 1. The van der Waals surface area contributed by atoms with Crippen molar-refractivity contribution in [3.8, 4) is 0 Å². The van der Waals surface area contributed by atoms with Crippen LogP contribution in [0.4, 0.5) is 11.8 Å². The number of hydrogen-bond acceptors (Lipinski definition) is 7. The number of para-hydroxylation sites is 1. The van der Waals surface area contributed by atoms with Crippen LogP contribution in [0.15, 0.2) is 60.9 Å². The van der Waals surface area contributed by atoms with Crippen molar-refractivity contribution in [1.29, 1.82) is 0 Å². The average molecular weight is 541 g/mol. The molecule has 0 spiro atoms.